The van der Waals surface area contributed by atoms with Gasteiger partial charge in [0.05, 0.1) is 0 Å². The SMILES string of the molecule is Cc1ccc(NC(C)c2ccc(F)cc2Cl)cc1. The summed E-state index contributed by atoms with van der Waals surface area (Å²) in [6.07, 6.45) is 0. The highest BCUT2D eigenvalue weighted by molar-refractivity contribution is 6.31. The minimum Gasteiger partial charge on any atom is -0.378 e. The van der Waals surface area contributed by atoms with Gasteiger partial charge in [0.25, 0.3) is 0 Å². The van der Waals surface area contributed by atoms with Crippen LogP contribution in [0.25, 0.3) is 0 Å². The molecule has 0 bridgehead atoms. The van der Waals surface area contributed by atoms with Crippen molar-refractivity contribution in [2.75, 3.05) is 5.32 Å². The van der Waals surface area contributed by atoms with Crippen LogP contribution in [0, 0.1) is 12.7 Å². The summed E-state index contributed by atoms with van der Waals surface area (Å²) in [5, 5.41) is 3.79. The average molecular weight is 264 g/mol. The van der Waals surface area contributed by atoms with Crippen molar-refractivity contribution in [1.29, 1.82) is 0 Å². The van der Waals surface area contributed by atoms with Crippen LogP contribution >= 0.6 is 11.6 Å². The number of hydrogen-bond donors (Lipinski definition) is 1. The van der Waals surface area contributed by atoms with Crippen molar-refractivity contribution in [3.63, 3.8) is 0 Å². The fourth-order valence-corrected chi connectivity index (χ4v) is 2.16. The second kappa shape index (κ2) is 5.40. The highest BCUT2D eigenvalue weighted by Crippen LogP contribution is 2.26. The fraction of sp³-hybridized carbons (Fsp3) is 0.200. The number of halogens is 2. The van der Waals surface area contributed by atoms with Gasteiger partial charge in [0, 0.05) is 16.8 Å². The topological polar surface area (TPSA) is 12.0 Å². The molecule has 1 nitrogen and oxygen atoms in total. The maximum Gasteiger partial charge on any atom is 0.124 e. The fourth-order valence-electron chi connectivity index (χ4n) is 1.83. The van der Waals surface area contributed by atoms with Crippen molar-refractivity contribution in [2.45, 2.75) is 19.9 Å². The Kier molecular flexibility index (Phi) is 3.87. The van der Waals surface area contributed by atoms with Crippen LogP contribution in [-0.4, -0.2) is 0 Å². The molecule has 0 saturated heterocycles. The van der Waals surface area contributed by atoms with Crippen LogP contribution in [0.4, 0.5) is 10.1 Å². The predicted octanol–water partition coefficient (Wildman–Crippen LogP) is 4.96. The van der Waals surface area contributed by atoms with Gasteiger partial charge in [-0.1, -0.05) is 35.4 Å². The molecule has 0 fully saturated rings. The van der Waals surface area contributed by atoms with E-state index in [1.807, 2.05) is 38.1 Å². The van der Waals surface area contributed by atoms with Crippen LogP contribution in [0.15, 0.2) is 42.5 Å². The summed E-state index contributed by atoms with van der Waals surface area (Å²) in [6.45, 7) is 4.04. The molecular weight excluding hydrogens is 249 g/mol. The number of nitrogens with one attached hydrogen (secondary N) is 1. The molecule has 0 aliphatic rings. The van der Waals surface area contributed by atoms with Crippen LogP contribution < -0.4 is 5.32 Å². The molecule has 2 rings (SSSR count). The molecule has 0 saturated carbocycles. The van der Waals surface area contributed by atoms with Crippen molar-refractivity contribution >= 4 is 17.3 Å². The minimum absolute atomic E-state index is 0.0285. The normalized spacial score (nSPS) is 12.2. The lowest BCUT2D eigenvalue weighted by atomic mass is 10.1. The third kappa shape index (κ3) is 3.02. The highest BCUT2D eigenvalue weighted by atomic mass is 35.5. The van der Waals surface area contributed by atoms with E-state index in [9.17, 15) is 4.39 Å². The molecule has 1 N–H and O–H groups in total. The smallest absolute Gasteiger partial charge is 0.124 e. The monoisotopic (exact) mass is 263 g/mol. The molecule has 0 aliphatic carbocycles. The number of rotatable bonds is 3. The van der Waals surface area contributed by atoms with Crippen molar-refractivity contribution in [3.05, 3.63) is 64.4 Å². The Bertz CT molecular complexity index is 537. The molecule has 0 aliphatic heterocycles. The minimum atomic E-state index is -0.314. The van der Waals surface area contributed by atoms with Gasteiger partial charge in [-0.2, -0.15) is 0 Å². The Balaban J connectivity index is 2.16. The van der Waals surface area contributed by atoms with Crippen LogP contribution in [0.2, 0.25) is 5.02 Å². The quantitative estimate of drug-likeness (QED) is 0.825. The zero-order chi connectivity index (χ0) is 13.1. The number of anilines is 1. The molecule has 18 heavy (non-hydrogen) atoms. The van der Waals surface area contributed by atoms with Gasteiger partial charge < -0.3 is 5.32 Å². The van der Waals surface area contributed by atoms with Crippen LogP contribution in [0.1, 0.15) is 24.1 Å². The van der Waals surface area contributed by atoms with Crippen LogP contribution in [0.5, 0.6) is 0 Å². The molecule has 0 amide bonds. The molecule has 2 aromatic rings. The second-order valence-corrected chi connectivity index (χ2v) is 4.81. The van der Waals surface area contributed by atoms with E-state index in [0.717, 1.165) is 11.3 Å². The van der Waals surface area contributed by atoms with E-state index in [1.54, 1.807) is 6.07 Å². The van der Waals surface area contributed by atoms with E-state index in [1.165, 1.54) is 17.7 Å². The molecular formula is C15H15ClFN. The van der Waals surface area contributed by atoms with Crippen molar-refractivity contribution in [1.82, 2.24) is 0 Å². The third-order valence-electron chi connectivity index (χ3n) is 2.86. The van der Waals surface area contributed by atoms with E-state index in [4.69, 9.17) is 11.6 Å². The molecule has 0 radical (unpaired) electrons. The predicted molar refractivity (Wildman–Crippen MR) is 74.6 cm³/mol. The Hall–Kier alpha value is -1.54. The largest absolute Gasteiger partial charge is 0.378 e. The van der Waals surface area contributed by atoms with E-state index in [-0.39, 0.29) is 11.9 Å². The van der Waals surface area contributed by atoms with Crippen molar-refractivity contribution in [3.8, 4) is 0 Å². The van der Waals surface area contributed by atoms with Gasteiger partial charge in [0.2, 0.25) is 0 Å². The summed E-state index contributed by atoms with van der Waals surface area (Å²) in [6, 6.07) is 12.6. The summed E-state index contributed by atoms with van der Waals surface area (Å²) >= 11 is 6.04. The zero-order valence-corrected chi connectivity index (χ0v) is 11.1. The first-order chi connectivity index (χ1) is 8.56. The Morgan fingerprint density at radius 1 is 1.11 bits per heavy atom. The summed E-state index contributed by atoms with van der Waals surface area (Å²) in [5.74, 6) is -0.314. The zero-order valence-electron chi connectivity index (χ0n) is 10.4. The Morgan fingerprint density at radius 3 is 2.39 bits per heavy atom. The molecule has 2 aromatic carbocycles. The highest BCUT2D eigenvalue weighted by Gasteiger charge is 2.10. The van der Waals surface area contributed by atoms with E-state index in [2.05, 4.69) is 5.32 Å². The van der Waals surface area contributed by atoms with E-state index < -0.39 is 0 Å². The first kappa shape index (κ1) is 12.9. The lowest BCUT2D eigenvalue weighted by Crippen LogP contribution is -2.07. The first-order valence-corrected chi connectivity index (χ1v) is 6.22. The van der Waals surface area contributed by atoms with Gasteiger partial charge in [0.1, 0.15) is 5.82 Å². The van der Waals surface area contributed by atoms with Gasteiger partial charge in [-0.25, -0.2) is 4.39 Å². The lowest BCUT2D eigenvalue weighted by Gasteiger charge is -2.17. The average Bonchev–Trinajstić information content (AvgIpc) is 2.32. The van der Waals surface area contributed by atoms with Gasteiger partial charge in [-0.15, -0.1) is 0 Å². The van der Waals surface area contributed by atoms with Gasteiger partial charge in [-0.05, 0) is 43.7 Å². The standard InChI is InChI=1S/C15H15ClFN/c1-10-3-6-13(7-4-10)18-11(2)14-8-5-12(17)9-15(14)16/h3-9,11,18H,1-2H3. The first-order valence-electron chi connectivity index (χ1n) is 5.84. The van der Waals surface area contributed by atoms with E-state index >= 15 is 0 Å². The van der Waals surface area contributed by atoms with Gasteiger partial charge in [-0.3, -0.25) is 0 Å². The second-order valence-electron chi connectivity index (χ2n) is 4.40. The van der Waals surface area contributed by atoms with Gasteiger partial charge in [0.15, 0.2) is 0 Å². The number of aryl methyl sites for hydroxylation is 1. The summed E-state index contributed by atoms with van der Waals surface area (Å²) in [5.41, 5.74) is 3.13. The van der Waals surface area contributed by atoms with Crippen molar-refractivity contribution in [2.24, 2.45) is 0 Å². The molecule has 94 valence electrons. The molecule has 0 aromatic heterocycles. The summed E-state index contributed by atoms with van der Waals surface area (Å²) in [4.78, 5) is 0. The summed E-state index contributed by atoms with van der Waals surface area (Å²) in [7, 11) is 0. The third-order valence-corrected chi connectivity index (χ3v) is 3.19. The molecule has 0 heterocycles. The summed E-state index contributed by atoms with van der Waals surface area (Å²) < 4.78 is 13.0. The van der Waals surface area contributed by atoms with Gasteiger partial charge >= 0.3 is 0 Å². The lowest BCUT2D eigenvalue weighted by molar-refractivity contribution is 0.626. The van der Waals surface area contributed by atoms with E-state index in [0.29, 0.717) is 5.02 Å². The number of hydrogen-bond acceptors (Lipinski definition) is 1. The molecule has 0 spiro atoms. The Labute approximate surface area is 112 Å². The maximum atomic E-state index is 13.0. The number of benzene rings is 2. The van der Waals surface area contributed by atoms with Crippen LogP contribution in [-0.2, 0) is 0 Å². The Morgan fingerprint density at radius 2 is 1.78 bits per heavy atom. The maximum absolute atomic E-state index is 13.0. The van der Waals surface area contributed by atoms with Crippen LogP contribution in [0.3, 0.4) is 0 Å². The molecule has 1 atom stereocenters. The van der Waals surface area contributed by atoms with Crippen molar-refractivity contribution < 1.29 is 4.39 Å². The molecule has 3 heteroatoms. The molecule has 1 unspecified atom stereocenters.